The van der Waals surface area contributed by atoms with Gasteiger partial charge in [-0.2, -0.15) is 0 Å². The number of Topliss-reactive ketones (excluding diaryl/α,β-unsaturated/α-hetero) is 1. The van der Waals surface area contributed by atoms with Gasteiger partial charge in [-0.05, 0) is 57.2 Å². The van der Waals surface area contributed by atoms with E-state index < -0.39 is 0 Å². The summed E-state index contributed by atoms with van der Waals surface area (Å²) in [7, 11) is 0. The van der Waals surface area contributed by atoms with Crippen LogP contribution in [-0.2, 0) is 4.79 Å². The molecule has 6 heteroatoms. The Morgan fingerprint density at radius 1 is 1.11 bits per heavy atom. The number of fused-ring (bicyclic) bond motifs is 1. The van der Waals surface area contributed by atoms with Gasteiger partial charge in [0, 0.05) is 10.9 Å². The second kappa shape index (κ2) is 8.61. The summed E-state index contributed by atoms with van der Waals surface area (Å²) in [5.41, 5.74) is 1.27. The molecule has 1 heterocycles. The number of para-hydroxylation sites is 1. The second-order valence-electron chi connectivity index (χ2n) is 6.41. The van der Waals surface area contributed by atoms with E-state index in [4.69, 9.17) is 13.9 Å². The van der Waals surface area contributed by atoms with Crippen LogP contribution < -0.4 is 14.8 Å². The van der Waals surface area contributed by atoms with E-state index in [9.17, 15) is 9.59 Å². The Balaban J connectivity index is 1.60. The lowest BCUT2D eigenvalue weighted by atomic mass is 10.1. The van der Waals surface area contributed by atoms with Crippen LogP contribution in [0.15, 0.2) is 52.9 Å². The Morgan fingerprint density at radius 2 is 1.86 bits per heavy atom. The molecule has 0 bridgehead atoms. The van der Waals surface area contributed by atoms with Gasteiger partial charge in [-0.3, -0.25) is 9.59 Å². The van der Waals surface area contributed by atoms with Crippen LogP contribution in [0.25, 0.3) is 11.0 Å². The molecule has 0 saturated carbocycles. The molecule has 6 nitrogen and oxygen atoms in total. The largest absolute Gasteiger partial charge is 0.490 e. The highest BCUT2D eigenvalue weighted by atomic mass is 16.5. The average Bonchev–Trinajstić information content (AvgIpc) is 3.12. The monoisotopic (exact) mass is 381 g/mol. The number of hydrogen-bond acceptors (Lipinski definition) is 5. The first kappa shape index (κ1) is 19.5. The van der Waals surface area contributed by atoms with Gasteiger partial charge in [0.25, 0.3) is 5.91 Å². The van der Waals surface area contributed by atoms with E-state index >= 15 is 0 Å². The van der Waals surface area contributed by atoms with Crippen LogP contribution in [-0.4, -0.2) is 24.9 Å². The highest BCUT2D eigenvalue weighted by Crippen LogP contribution is 2.31. The van der Waals surface area contributed by atoms with Crippen molar-refractivity contribution < 1.29 is 23.5 Å². The summed E-state index contributed by atoms with van der Waals surface area (Å²) in [5, 5.41) is 3.78. The molecule has 3 aromatic rings. The molecule has 0 fully saturated rings. The van der Waals surface area contributed by atoms with Crippen LogP contribution in [0, 0.1) is 0 Å². The lowest BCUT2D eigenvalue weighted by Crippen LogP contribution is -2.31. The molecule has 1 N–H and O–H groups in total. The summed E-state index contributed by atoms with van der Waals surface area (Å²) >= 11 is 0. The van der Waals surface area contributed by atoms with Gasteiger partial charge in [-0.15, -0.1) is 0 Å². The third-order valence-electron chi connectivity index (χ3n) is 4.26. The molecular weight excluding hydrogens is 358 g/mol. The Kier molecular flexibility index (Phi) is 5.99. The summed E-state index contributed by atoms with van der Waals surface area (Å²) in [6, 6.07) is 13.9. The number of hydrogen-bond donors (Lipinski definition) is 1. The maximum atomic E-state index is 12.2. The quantitative estimate of drug-likeness (QED) is 0.589. The van der Waals surface area contributed by atoms with Gasteiger partial charge < -0.3 is 19.2 Å². The van der Waals surface area contributed by atoms with Crippen LogP contribution >= 0.6 is 0 Å². The molecular formula is C22H23NO5. The molecule has 0 aliphatic heterocycles. The van der Waals surface area contributed by atoms with Gasteiger partial charge in [0.2, 0.25) is 0 Å². The maximum absolute atomic E-state index is 12.2. The fourth-order valence-electron chi connectivity index (χ4n) is 2.83. The Labute approximate surface area is 163 Å². The number of benzene rings is 2. The van der Waals surface area contributed by atoms with Gasteiger partial charge in [-0.1, -0.05) is 12.1 Å². The fourth-order valence-corrected chi connectivity index (χ4v) is 2.83. The molecule has 3 rings (SSSR count). The minimum atomic E-state index is -0.321. The molecule has 28 heavy (non-hydrogen) atoms. The molecule has 1 amide bonds. The zero-order valence-corrected chi connectivity index (χ0v) is 16.2. The molecule has 146 valence electrons. The van der Waals surface area contributed by atoms with Crippen molar-refractivity contribution in [2.75, 3.05) is 13.2 Å². The Morgan fingerprint density at radius 3 is 2.54 bits per heavy atom. The number of ether oxygens (including phenoxy) is 2. The molecule has 0 aliphatic carbocycles. The van der Waals surface area contributed by atoms with E-state index in [-0.39, 0.29) is 24.3 Å². The molecule has 1 aromatic heterocycles. The summed E-state index contributed by atoms with van der Waals surface area (Å²) in [6.07, 6.45) is 0. The predicted octanol–water partition coefficient (Wildman–Crippen LogP) is 4.29. The highest BCUT2D eigenvalue weighted by molar-refractivity contribution is 5.94. The summed E-state index contributed by atoms with van der Waals surface area (Å²) in [5.74, 6) is 1.56. The normalized spacial score (nSPS) is 11.8. The van der Waals surface area contributed by atoms with Crippen LogP contribution in [0.1, 0.15) is 42.9 Å². The third kappa shape index (κ3) is 4.52. The molecule has 0 spiro atoms. The van der Waals surface area contributed by atoms with Crippen LogP contribution in [0.4, 0.5) is 0 Å². The first-order chi connectivity index (χ1) is 13.5. The summed E-state index contributed by atoms with van der Waals surface area (Å²) < 4.78 is 17.0. The fraction of sp³-hybridized carbons (Fsp3) is 0.273. The number of carbonyl (C=O) groups excluding carboxylic acids is 2. The number of furan rings is 1. The van der Waals surface area contributed by atoms with Gasteiger partial charge in [0.15, 0.2) is 23.7 Å². The molecule has 1 atom stereocenters. The maximum Gasteiger partial charge on any atom is 0.258 e. The van der Waals surface area contributed by atoms with Crippen molar-refractivity contribution in [2.24, 2.45) is 0 Å². The zero-order valence-electron chi connectivity index (χ0n) is 16.2. The number of ketones is 1. The highest BCUT2D eigenvalue weighted by Gasteiger charge is 2.16. The van der Waals surface area contributed by atoms with Crippen molar-refractivity contribution in [3.8, 4) is 11.5 Å². The number of rotatable bonds is 8. The van der Waals surface area contributed by atoms with Gasteiger partial charge in [-0.25, -0.2) is 0 Å². The van der Waals surface area contributed by atoms with Crippen LogP contribution in [0.3, 0.4) is 0 Å². The predicted molar refractivity (Wildman–Crippen MR) is 106 cm³/mol. The number of carbonyl (C=O) groups is 2. The first-order valence-corrected chi connectivity index (χ1v) is 9.16. The number of amides is 1. The minimum absolute atomic E-state index is 0.0172. The van der Waals surface area contributed by atoms with E-state index in [0.717, 1.165) is 5.39 Å². The van der Waals surface area contributed by atoms with E-state index in [0.29, 0.717) is 35.0 Å². The Hall–Kier alpha value is -3.28. The van der Waals surface area contributed by atoms with Crippen molar-refractivity contribution >= 4 is 22.7 Å². The van der Waals surface area contributed by atoms with Crippen molar-refractivity contribution in [3.63, 3.8) is 0 Å². The van der Waals surface area contributed by atoms with Gasteiger partial charge >= 0.3 is 0 Å². The van der Waals surface area contributed by atoms with E-state index in [1.165, 1.54) is 6.92 Å². The molecule has 0 radical (unpaired) electrons. The first-order valence-electron chi connectivity index (χ1n) is 9.16. The van der Waals surface area contributed by atoms with E-state index in [1.54, 1.807) is 24.3 Å². The number of nitrogens with one attached hydrogen (secondary N) is 1. The third-order valence-corrected chi connectivity index (χ3v) is 4.26. The van der Waals surface area contributed by atoms with E-state index in [1.807, 2.05) is 38.1 Å². The topological polar surface area (TPSA) is 77.8 Å². The summed E-state index contributed by atoms with van der Waals surface area (Å²) in [4.78, 5) is 23.5. The second-order valence-corrected chi connectivity index (χ2v) is 6.41. The lowest BCUT2D eigenvalue weighted by molar-refractivity contribution is -0.123. The molecule has 0 aliphatic rings. The average molecular weight is 381 g/mol. The van der Waals surface area contributed by atoms with Gasteiger partial charge in [0.1, 0.15) is 11.5 Å². The van der Waals surface area contributed by atoms with Crippen molar-refractivity contribution in [1.82, 2.24) is 5.32 Å². The van der Waals surface area contributed by atoms with Crippen molar-refractivity contribution in [3.05, 3.63) is 59.9 Å². The van der Waals surface area contributed by atoms with Gasteiger partial charge in [0.05, 0.1) is 12.6 Å². The zero-order chi connectivity index (χ0) is 20.1. The SMILES string of the molecule is CCOc1cccc2cc(C(C)NC(=O)COc3ccc(C(C)=O)cc3)oc12. The Bertz CT molecular complexity index is 974. The molecule has 0 saturated heterocycles. The minimum Gasteiger partial charge on any atom is -0.490 e. The summed E-state index contributed by atoms with van der Waals surface area (Å²) in [6.45, 7) is 5.68. The van der Waals surface area contributed by atoms with Crippen molar-refractivity contribution in [2.45, 2.75) is 26.8 Å². The van der Waals surface area contributed by atoms with Crippen LogP contribution in [0.2, 0.25) is 0 Å². The molecule has 2 aromatic carbocycles. The molecule has 1 unspecified atom stereocenters. The standard InChI is InChI=1S/C22H23NO5/c1-4-26-19-7-5-6-17-12-20(28-22(17)19)14(2)23-21(25)13-27-18-10-8-16(9-11-18)15(3)24/h5-12,14H,4,13H2,1-3H3,(H,23,25). The van der Waals surface area contributed by atoms with Crippen molar-refractivity contribution in [1.29, 1.82) is 0 Å². The van der Waals surface area contributed by atoms with E-state index in [2.05, 4.69) is 5.32 Å². The lowest BCUT2D eigenvalue weighted by Gasteiger charge is -2.12. The smallest absolute Gasteiger partial charge is 0.258 e. The van der Waals surface area contributed by atoms with Crippen LogP contribution in [0.5, 0.6) is 11.5 Å².